The lowest BCUT2D eigenvalue weighted by Crippen LogP contribution is -2.28. The minimum absolute atomic E-state index is 0.327. The number of nitrogens with two attached hydrogens (primary N) is 1. The molecule has 76 valence electrons. The molecule has 0 fully saturated rings. The molecule has 1 heteroatoms. The topological polar surface area (TPSA) is 26.0 Å². The Morgan fingerprint density at radius 1 is 1.21 bits per heavy atom. The van der Waals surface area contributed by atoms with E-state index in [-0.39, 0.29) is 0 Å². The molecule has 0 heterocycles. The first-order valence-corrected chi connectivity index (χ1v) is 5.39. The lowest BCUT2D eigenvalue weighted by atomic mass is 9.82. The fraction of sp³-hybridized carbons (Fsp3) is 0.538. The molecule has 1 atom stereocenters. The highest BCUT2D eigenvalue weighted by molar-refractivity contribution is 5.30. The summed E-state index contributed by atoms with van der Waals surface area (Å²) in [7, 11) is 0. The fourth-order valence-electron chi connectivity index (χ4n) is 2.58. The second-order valence-electron chi connectivity index (χ2n) is 5.28. The van der Waals surface area contributed by atoms with Crippen molar-refractivity contribution >= 4 is 0 Å². The van der Waals surface area contributed by atoms with Crippen LogP contribution in [0.4, 0.5) is 0 Å². The van der Waals surface area contributed by atoms with E-state index in [0.29, 0.717) is 11.5 Å². The number of benzene rings is 1. The molecule has 14 heavy (non-hydrogen) atoms. The first kappa shape index (κ1) is 9.72. The van der Waals surface area contributed by atoms with E-state index in [2.05, 4.69) is 38.1 Å². The van der Waals surface area contributed by atoms with Gasteiger partial charge in [-0.05, 0) is 35.8 Å². The zero-order valence-corrected chi connectivity index (χ0v) is 9.09. The van der Waals surface area contributed by atoms with E-state index in [0.717, 1.165) is 19.3 Å². The molecular weight excluding hydrogens is 170 g/mol. The maximum atomic E-state index is 6.13. The summed E-state index contributed by atoms with van der Waals surface area (Å²) in [5, 5.41) is 0. The molecule has 1 aromatic carbocycles. The number of hydrogen-bond acceptors (Lipinski definition) is 1. The molecule has 1 aliphatic carbocycles. The van der Waals surface area contributed by atoms with Gasteiger partial charge in [-0.2, -0.15) is 0 Å². The second kappa shape index (κ2) is 3.39. The Labute approximate surface area is 86.3 Å². The van der Waals surface area contributed by atoms with Crippen LogP contribution in [0.25, 0.3) is 0 Å². The number of rotatable bonds is 0. The van der Waals surface area contributed by atoms with Gasteiger partial charge in [-0.25, -0.2) is 0 Å². The molecule has 0 radical (unpaired) electrons. The van der Waals surface area contributed by atoms with Crippen LogP contribution in [0.5, 0.6) is 0 Å². The average Bonchev–Trinajstić information content (AvgIpc) is 2.16. The van der Waals surface area contributed by atoms with Crippen molar-refractivity contribution < 1.29 is 0 Å². The highest BCUT2D eigenvalue weighted by Crippen LogP contribution is 2.32. The summed E-state index contributed by atoms with van der Waals surface area (Å²) in [5.41, 5.74) is 9.42. The first-order valence-electron chi connectivity index (χ1n) is 5.39. The number of fused-ring (bicyclic) bond motifs is 1. The van der Waals surface area contributed by atoms with Crippen LogP contribution in [0.3, 0.4) is 0 Å². The predicted molar refractivity (Wildman–Crippen MR) is 60.2 cm³/mol. The van der Waals surface area contributed by atoms with E-state index >= 15 is 0 Å². The fourth-order valence-corrected chi connectivity index (χ4v) is 2.58. The van der Waals surface area contributed by atoms with Crippen LogP contribution in [0.15, 0.2) is 24.3 Å². The molecule has 1 aliphatic rings. The summed E-state index contributed by atoms with van der Waals surface area (Å²) in [5.74, 6) is 0. The van der Waals surface area contributed by atoms with Gasteiger partial charge in [-0.15, -0.1) is 0 Å². The zero-order valence-electron chi connectivity index (χ0n) is 9.09. The third-order valence-corrected chi connectivity index (χ3v) is 3.08. The maximum Gasteiger partial charge on any atom is 0.00846 e. The van der Waals surface area contributed by atoms with Gasteiger partial charge < -0.3 is 5.73 Å². The Bertz CT molecular complexity index is 328. The van der Waals surface area contributed by atoms with Crippen LogP contribution in [-0.4, -0.2) is 6.04 Å². The minimum Gasteiger partial charge on any atom is -0.327 e. The summed E-state index contributed by atoms with van der Waals surface area (Å²) >= 11 is 0. The van der Waals surface area contributed by atoms with Crippen LogP contribution in [-0.2, 0) is 12.8 Å². The second-order valence-corrected chi connectivity index (χ2v) is 5.28. The van der Waals surface area contributed by atoms with Gasteiger partial charge in [0.05, 0.1) is 0 Å². The van der Waals surface area contributed by atoms with E-state index < -0.39 is 0 Å². The summed E-state index contributed by atoms with van der Waals surface area (Å²) in [6, 6.07) is 9.04. The zero-order chi connectivity index (χ0) is 10.2. The Kier molecular flexibility index (Phi) is 2.36. The molecule has 1 aromatic rings. The van der Waals surface area contributed by atoms with Crippen LogP contribution in [0, 0.1) is 5.41 Å². The number of hydrogen-bond donors (Lipinski definition) is 1. The molecule has 2 N–H and O–H groups in total. The van der Waals surface area contributed by atoms with Crippen LogP contribution >= 0.6 is 0 Å². The molecule has 1 unspecified atom stereocenters. The normalized spacial score (nSPS) is 25.2. The van der Waals surface area contributed by atoms with E-state index in [4.69, 9.17) is 5.73 Å². The van der Waals surface area contributed by atoms with Gasteiger partial charge in [0.25, 0.3) is 0 Å². The van der Waals surface area contributed by atoms with Crippen LogP contribution < -0.4 is 5.73 Å². The van der Waals surface area contributed by atoms with E-state index in [1.165, 1.54) is 11.1 Å². The van der Waals surface area contributed by atoms with E-state index in [1.54, 1.807) is 0 Å². The molecule has 0 saturated heterocycles. The van der Waals surface area contributed by atoms with Crippen molar-refractivity contribution in [3.05, 3.63) is 35.4 Å². The lowest BCUT2D eigenvalue weighted by Gasteiger charge is -2.24. The average molecular weight is 189 g/mol. The lowest BCUT2D eigenvalue weighted by molar-refractivity contribution is 0.312. The Morgan fingerprint density at radius 2 is 1.86 bits per heavy atom. The molecule has 0 amide bonds. The van der Waals surface area contributed by atoms with Gasteiger partial charge in [0, 0.05) is 6.04 Å². The van der Waals surface area contributed by atoms with Crippen molar-refractivity contribution in [2.24, 2.45) is 11.1 Å². The Balaban J connectivity index is 2.37. The molecule has 0 bridgehead atoms. The maximum absolute atomic E-state index is 6.13. The third-order valence-electron chi connectivity index (χ3n) is 3.08. The molecule has 0 aromatic heterocycles. The van der Waals surface area contributed by atoms with Gasteiger partial charge in [-0.3, -0.25) is 0 Å². The van der Waals surface area contributed by atoms with Crippen molar-refractivity contribution in [3.8, 4) is 0 Å². The Morgan fingerprint density at radius 3 is 2.57 bits per heavy atom. The molecule has 0 aliphatic heterocycles. The quantitative estimate of drug-likeness (QED) is 0.624. The van der Waals surface area contributed by atoms with Crippen molar-refractivity contribution in [1.82, 2.24) is 0 Å². The van der Waals surface area contributed by atoms with Crippen LogP contribution in [0.2, 0.25) is 0 Å². The van der Waals surface area contributed by atoms with Crippen LogP contribution in [0.1, 0.15) is 31.4 Å². The minimum atomic E-state index is 0.327. The van der Waals surface area contributed by atoms with Crippen molar-refractivity contribution in [3.63, 3.8) is 0 Å². The van der Waals surface area contributed by atoms with Crippen molar-refractivity contribution in [1.29, 1.82) is 0 Å². The van der Waals surface area contributed by atoms with Crippen molar-refractivity contribution in [2.75, 3.05) is 0 Å². The van der Waals surface area contributed by atoms with E-state index in [9.17, 15) is 0 Å². The monoisotopic (exact) mass is 189 g/mol. The summed E-state index contributed by atoms with van der Waals surface area (Å²) in [6.45, 7) is 4.63. The van der Waals surface area contributed by atoms with Gasteiger partial charge in [0.2, 0.25) is 0 Å². The summed E-state index contributed by atoms with van der Waals surface area (Å²) < 4.78 is 0. The SMILES string of the molecule is CC1(C)Cc2ccccc2CC(N)C1. The highest BCUT2D eigenvalue weighted by atomic mass is 14.6. The Hall–Kier alpha value is -0.820. The van der Waals surface area contributed by atoms with Gasteiger partial charge in [0.1, 0.15) is 0 Å². The van der Waals surface area contributed by atoms with E-state index in [1.807, 2.05) is 0 Å². The highest BCUT2D eigenvalue weighted by Gasteiger charge is 2.26. The molecule has 0 saturated carbocycles. The third kappa shape index (κ3) is 1.98. The molecular formula is C13H19N. The summed E-state index contributed by atoms with van der Waals surface area (Å²) in [4.78, 5) is 0. The van der Waals surface area contributed by atoms with Gasteiger partial charge in [0.15, 0.2) is 0 Å². The van der Waals surface area contributed by atoms with Gasteiger partial charge in [-0.1, -0.05) is 38.1 Å². The molecule has 0 spiro atoms. The first-order chi connectivity index (χ1) is 6.57. The summed E-state index contributed by atoms with van der Waals surface area (Å²) in [6.07, 6.45) is 3.33. The largest absolute Gasteiger partial charge is 0.327 e. The standard InChI is InChI=1S/C13H19N/c1-13(2)8-11-6-4-3-5-10(11)7-12(14)9-13/h3-6,12H,7-9,14H2,1-2H3. The smallest absolute Gasteiger partial charge is 0.00846 e. The predicted octanol–water partition coefficient (Wildman–Crippen LogP) is 2.53. The molecule has 1 nitrogen and oxygen atoms in total. The molecule has 2 rings (SSSR count). The van der Waals surface area contributed by atoms with Crippen molar-refractivity contribution in [2.45, 2.75) is 39.2 Å². The van der Waals surface area contributed by atoms with Gasteiger partial charge >= 0.3 is 0 Å².